The van der Waals surface area contributed by atoms with Gasteiger partial charge in [0, 0.05) is 12.0 Å². The summed E-state index contributed by atoms with van der Waals surface area (Å²) in [4.78, 5) is 11.0. The van der Waals surface area contributed by atoms with Crippen LogP contribution in [-0.2, 0) is 0 Å². The van der Waals surface area contributed by atoms with Gasteiger partial charge >= 0.3 is 0 Å². The second-order valence-electron chi connectivity index (χ2n) is 4.41. The van der Waals surface area contributed by atoms with Crippen LogP contribution in [0.5, 0.6) is 5.75 Å². The zero-order chi connectivity index (χ0) is 12.4. The number of nitrogens with zero attached hydrogens (tertiary/aromatic N) is 1. The minimum absolute atomic E-state index is 0.0937. The van der Waals surface area contributed by atoms with Crippen LogP contribution in [-0.4, -0.2) is 0 Å². The van der Waals surface area contributed by atoms with Gasteiger partial charge in [-0.2, -0.15) is 4.91 Å². The molecule has 0 N–H and O–H groups in total. The lowest BCUT2D eigenvalue weighted by Crippen LogP contribution is -2.17. The fraction of sp³-hybridized carbons (Fsp3) is 0.200. The maximum Gasteiger partial charge on any atom is 0.126 e. The first-order valence-electron chi connectivity index (χ1n) is 6.01. The van der Waals surface area contributed by atoms with Gasteiger partial charge < -0.3 is 4.74 Å². The van der Waals surface area contributed by atoms with E-state index in [0.29, 0.717) is 6.42 Å². The number of benzene rings is 2. The molecule has 1 heterocycles. The van der Waals surface area contributed by atoms with Gasteiger partial charge in [0.25, 0.3) is 0 Å². The van der Waals surface area contributed by atoms with Gasteiger partial charge in [-0.3, -0.25) is 0 Å². The average molecular weight is 239 g/mol. The van der Waals surface area contributed by atoms with Crippen molar-refractivity contribution in [3.8, 4) is 5.75 Å². The smallest absolute Gasteiger partial charge is 0.126 e. The number of fused-ring (bicyclic) bond motifs is 1. The van der Waals surface area contributed by atoms with Gasteiger partial charge in [0.2, 0.25) is 0 Å². The Labute approximate surface area is 105 Å². The molecule has 2 aromatic rings. The van der Waals surface area contributed by atoms with Crippen molar-refractivity contribution in [2.45, 2.75) is 18.6 Å². The Balaban J connectivity index is 1.97. The predicted molar refractivity (Wildman–Crippen MR) is 69.4 cm³/mol. The fourth-order valence-corrected chi connectivity index (χ4v) is 2.37. The van der Waals surface area contributed by atoms with Crippen LogP contribution < -0.4 is 4.74 Å². The highest BCUT2D eigenvalue weighted by Crippen LogP contribution is 2.42. The minimum atomic E-state index is -0.319. The summed E-state index contributed by atoms with van der Waals surface area (Å²) in [7, 11) is 0. The molecule has 0 spiro atoms. The highest BCUT2D eigenvalue weighted by atomic mass is 16.5. The maximum absolute atomic E-state index is 11.0. The van der Waals surface area contributed by atoms with Crippen LogP contribution in [0.25, 0.3) is 0 Å². The van der Waals surface area contributed by atoms with Crippen LogP contribution in [0.15, 0.2) is 59.8 Å². The van der Waals surface area contributed by atoms with E-state index in [1.807, 2.05) is 54.6 Å². The van der Waals surface area contributed by atoms with Crippen LogP contribution in [0, 0.1) is 4.91 Å². The predicted octanol–water partition coefficient (Wildman–Crippen LogP) is 4.02. The van der Waals surface area contributed by atoms with E-state index in [-0.39, 0.29) is 12.1 Å². The zero-order valence-electron chi connectivity index (χ0n) is 9.82. The molecule has 90 valence electrons. The standard InChI is InChI=1S/C15H13NO2/c17-16-13-10-15(11-6-2-1-3-7-11)18-14-9-5-4-8-12(13)14/h1-9,13,15H,10H2. The molecule has 0 bridgehead atoms. The molecule has 0 aromatic heterocycles. The van der Waals surface area contributed by atoms with Gasteiger partial charge in [0.05, 0.1) is 0 Å². The molecular formula is C15H13NO2. The average Bonchev–Trinajstić information content (AvgIpc) is 2.47. The molecular weight excluding hydrogens is 226 g/mol. The summed E-state index contributed by atoms with van der Waals surface area (Å²) in [5, 5.41) is 3.23. The number of rotatable bonds is 2. The summed E-state index contributed by atoms with van der Waals surface area (Å²) in [6.07, 6.45) is 0.508. The SMILES string of the molecule is O=NC1CC(c2ccccc2)Oc2ccccc21. The Bertz CT molecular complexity index is 553. The Hall–Kier alpha value is -2.16. The second kappa shape index (κ2) is 4.61. The molecule has 0 fully saturated rings. The molecule has 2 aromatic carbocycles. The summed E-state index contributed by atoms with van der Waals surface area (Å²) in [6, 6.07) is 17.2. The fourth-order valence-electron chi connectivity index (χ4n) is 2.37. The number of nitroso groups, excluding NO2 is 1. The van der Waals surface area contributed by atoms with Crippen molar-refractivity contribution in [1.82, 2.24) is 0 Å². The lowest BCUT2D eigenvalue weighted by molar-refractivity contribution is 0.161. The normalized spacial score (nSPS) is 21.8. The van der Waals surface area contributed by atoms with Gasteiger partial charge in [0.1, 0.15) is 17.9 Å². The van der Waals surface area contributed by atoms with Crippen molar-refractivity contribution >= 4 is 0 Å². The summed E-state index contributed by atoms with van der Waals surface area (Å²) in [5.41, 5.74) is 1.97. The summed E-state index contributed by atoms with van der Waals surface area (Å²) in [6.45, 7) is 0. The van der Waals surface area contributed by atoms with E-state index >= 15 is 0 Å². The second-order valence-corrected chi connectivity index (χ2v) is 4.41. The molecule has 0 radical (unpaired) electrons. The van der Waals surface area contributed by atoms with Gasteiger partial charge in [-0.1, -0.05) is 53.7 Å². The summed E-state index contributed by atoms with van der Waals surface area (Å²) in [5.74, 6) is 0.766. The molecule has 0 amide bonds. The number of para-hydroxylation sites is 1. The van der Waals surface area contributed by atoms with Crippen LogP contribution >= 0.6 is 0 Å². The third-order valence-electron chi connectivity index (χ3n) is 3.28. The first-order chi connectivity index (χ1) is 8.88. The van der Waals surface area contributed by atoms with Crippen molar-refractivity contribution in [1.29, 1.82) is 0 Å². The molecule has 18 heavy (non-hydrogen) atoms. The van der Waals surface area contributed by atoms with Crippen molar-refractivity contribution in [2.24, 2.45) is 5.18 Å². The van der Waals surface area contributed by atoms with Crippen molar-refractivity contribution in [2.75, 3.05) is 0 Å². The van der Waals surface area contributed by atoms with E-state index < -0.39 is 0 Å². The third kappa shape index (κ3) is 1.88. The molecule has 1 aliphatic rings. The largest absolute Gasteiger partial charge is 0.485 e. The molecule has 3 nitrogen and oxygen atoms in total. The van der Waals surface area contributed by atoms with E-state index in [4.69, 9.17) is 4.74 Å². The first kappa shape index (κ1) is 11.0. The molecule has 2 unspecified atom stereocenters. The molecule has 0 saturated carbocycles. The monoisotopic (exact) mass is 239 g/mol. The molecule has 2 atom stereocenters. The lowest BCUT2D eigenvalue weighted by Gasteiger charge is -2.29. The van der Waals surface area contributed by atoms with Crippen molar-refractivity contribution < 1.29 is 4.74 Å². The Morgan fingerprint density at radius 2 is 1.72 bits per heavy atom. The van der Waals surface area contributed by atoms with E-state index in [0.717, 1.165) is 16.9 Å². The Morgan fingerprint density at radius 3 is 2.50 bits per heavy atom. The molecule has 3 rings (SSSR count). The van der Waals surface area contributed by atoms with Gasteiger partial charge in [-0.05, 0) is 11.6 Å². The number of hydrogen-bond donors (Lipinski definition) is 0. The quantitative estimate of drug-likeness (QED) is 0.742. The minimum Gasteiger partial charge on any atom is -0.485 e. The molecule has 0 aliphatic carbocycles. The lowest BCUT2D eigenvalue weighted by atomic mass is 9.94. The maximum atomic E-state index is 11.0. The van der Waals surface area contributed by atoms with Crippen LogP contribution in [0.1, 0.15) is 29.7 Å². The van der Waals surface area contributed by atoms with E-state index in [2.05, 4.69) is 5.18 Å². The van der Waals surface area contributed by atoms with Crippen molar-refractivity contribution in [3.63, 3.8) is 0 Å². The Kier molecular flexibility index (Phi) is 2.81. The molecule has 3 heteroatoms. The topological polar surface area (TPSA) is 38.7 Å². The van der Waals surface area contributed by atoms with Crippen LogP contribution in [0.4, 0.5) is 0 Å². The molecule has 0 saturated heterocycles. The highest BCUT2D eigenvalue weighted by Gasteiger charge is 2.29. The number of ether oxygens (including phenoxy) is 1. The number of hydrogen-bond acceptors (Lipinski definition) is 3. The van der Waals surface area contributed by atoms with Crippen LogP contribution in [0.3, 0.4) is 0 Å². The van der Waals surface area contributed by atoms with E-state index in [1.54, 1.807) is 0 Å². The van der Waals surface area contributed by atoms with Gasteiger partial charge in [-0.15, -0.1) is 0 Å². The third-order valence-corrected chi connectivity index (χ3v) is 3.28. The summed E-state index contributed by atoms with van der Waals surface area (Å²) >= 11 is 0. The van der Waals surface area contributed by atoms with Crippen LogP contribution in [0.2, 0.25) is 0 Å². The van der Waals surface area contributed by atoms with E-state index in [1.165, 1.54) is 0 Å². The highest BCUT2D eigenvalue weighted by molar-refractivity contribution is 5.39. The van der Waals surface area contributed by atoms with E-state index in [9.17, 15) is 4.91 Å². The zero-order valence-corrected chi connectivity index (χ0v) is 9.82. The summed E-state index contributed by atoms with van der Waals surface area (Å²) < 4.78 is 5.95. The Morgan fingerprint density at radius 1 is 1.00 bits per heavy atom. The van der Waals surface area contributed by atoms with Gasteiger partial charge in [-0.25, -0.2) is 0 Å². The van der Waals surface area contributed by atoms with Gasteiger partial charge in [0.15, 0.2) is 0 Å². The van der Waals surface area contributed by atoms with Crippen molar-refractivity contribution in [3.05, 3.63) is 70.6 Å². The molecule has 1 aliphatic heterocycles. The first-order valence-corrected chi connectivity index (χ1v) is 6.01.